The Morgan fingerprint density at radius 1 is 1.33 bits per heavy atom. The van der Waals surface area contributed by atoms with E-state index in [1.165, 1.54) is 6.33 Å². The molecule has 170 valence electrons. The van der Waals surface area contributed by atoms with Gasteiger partial charge >= 0.3 is 0 Å². The molecule has 1 fully saturated rings. The number of benzene rings is 1. The van der Waals surface area contributed by atoms with E-state index in [9.17, 15) is 4.79 Å². The molecule has 3 heterocycles. The maximum Gasteiger partial charge on any atom is 0.288 e. The molecule has 1 amide bonds. The van der Waals surface area contributed by atoms with E-state index in [1.54, 1.807) is 10.9 Å². The van der Waals surface area contributed by atoms with Crippen LogP contribution in [0.15, 0.2) is 41.9 Å². The summed E-state index contributed by atoms with van der Waals surface area (Å²) in [6.07, 6.45) is 6.83. The average Bonchev–Trinajstić information content (AvgIpc) is 3.19. The number of nitrogens with one attached hydrogen (secondary N) is 3. The smallest absolute Gasteiger partial charge is 0.288 e. The van der Waals surface area contributed by atoms with Crippen LogP contribution in [0.25, 0.3) is 11.4 Å². The van der Waals surface area contributed by atoms with Gasteiger partial charge in [-0.2, -0.15) is 10.1 Å². The average molecular weight is 448 g/mol. The Morgan fingerprint density at radius 3 is 2.91 bits per heavy atom. The second-order valence-electron chi connectivity index (χ2n) is 8.69. The van der Waals surface area contributed by atoms with E-state index in [0.29, 0.717) is 18.3 Å². The third-order valence-corrected chi connectivity index (χ3v) is 5.94. The molecule has 0 radical (unpaired) electrons. The van der Waals surface area contributed by atoms with Gasteiger partial charge in [0.2, 0.25) is 11.8 Å². The van der Waals surface area contributed by atoms with Gasteiger partial charge in [0.25, 0.3) is 5.91 Å². The zero-order valence-electron chi connectivity index (χ0n) is 18.7. The van der Waals surface area contributed by atoms with Gasteiger partial charge in [-0.3, -0.25) is 9.48 Å². The number of hydrogen-bond donors (Lipinski definition) is 3. The van der Waals surface area contributed by atoms with E-state index >= 15 is 0 Å². The van der Waals surface area contributed by atoms with Crippen LogP contribution in [-0.2, 0) is 23.2 Å². The van der Waals surface area contributed by atoms with Crippen molar-refractivity contribution in [3.8, 4) is 11.4 Å². The Kier molecular flexibility index (Phi) is 5.25. The molecular formula is C22H25N9O2. The van der Waals surface area contributed by atoms with Crippen LogP contribution in [0, 0.1) is 12.3 Å². The zero-order chi connectivity index (χ0) is 23.0. The molecule has 1 aromatic carbocycles. The molecule has 1 saturated carbocycles. The third kappa shape index (κ3) is 4.53. The van der Waals surface area contributed by atoms with Crippen molar-refractivity contribution < 1.29 is 9.63 Å². The molecule has 0 saturated heterocycles. The van der Waals surface area contributed by atoms with Gasteiger partial charge < -0.3 is 10.6 Å². The van der Waals surface area contributed by atoms with Gasteiger partial charge in [0, 0.05) is 30.8 Å². The van der Waals surface area contributed by atoms with Crippen LogP contribution in [-0.4, -0.2) is 42.7 Å². The van der Waals surface area contributed by atoms with Gasteiger partial charge in [-0.25, -0.2) is 25.3 Å². The minimum absolute atomic E-state index is 0.0455. The molecule has 33 heavy (non-hydrogen) atoms. The van der Waals surface area contributed by atoms with E-state index in [1.807, 2.05) is 38.4 Å². The summed E-state index contributed by atoms with van der Waals surface area (Å²) in [6, 6.07) is 5.87. The van der Waals surface area contributed by atoms with E-state index in [-0.39, 0.29) is 23.4 Å². The number of amides is 1. The Hall–Kier alpha value is -3.86. The van der Waals surface area contributed by atoms with Gasteiger partial charge in [0.1, 0.15) is 6.33 Å². The molecule has 3 N–H and O–H groups in total. The summed E-state index contributed by atoms with van der Waals surface area (Å²) < 4.78 is 1.69. The van der Waals surface area contributed by atoms with Gasteiger partial charge in [-0.1, -0.05) is 19.1 Å². The Labute approximate surface area is 190 Å². The second-order valence-corrected chi connectivity index (χ2v) is 8.69. The van der Waals surface area contributed by atoms with E-state index in [0.717, 1.165) is 35.2 Å². The van der Waals surface area contributed by atoms with Crippen molar-refractivity contribution in [3.63, 3.8) is 0 Å². The minimum Gasteiger partial charge on any atom is -0.345 e. The highest BCUT2D eigenvalue weighted by Crippen LogP contribution is 2.50. The normalized spacial score (nSPS) is 18.4. The van der Waals surface area contributed by atoms with Crippen LogP contribution in [0.3, 0.4) is 0 Å². The summed E-state index contributed by atoms with van der Waals surface area (Å²) >= 11 is 0. The number of hydrogen-bond acceptors (Lipinski definition) is 9. The number of carbonyl (C=O) groups excluding carboxylic acids is 1. The molecule has 2 aromatic heterocycles. The zero-order valence-corrected chi connectivity index (χ0v) is 18.7. The molecule has 11 nitrogen and oxygen atoms in total. The molecule has 2 aliphatic rings. The van der Waals surface area contributed by atoms with E-state index in [4.69, 9.17) is 4.84 Å². The number of aryl methyl sites for hydroxylation is 2. The third-order valence-electron chi connectivity index (χ3n) is 5.94. The lowest BCUT2D eigenvalue weighted by Crippen LogP contribution is -2.37. The largest absolute Gasteiger partial charge is 0.345 e. The highest BCUT2D eigenvalue weighted by molar-refractivity contribution is 6.37. The monoisotopic (exact) mass is 447 g/mol. The van der Waals surface area contributed by atoms with Crippen LogP contribution < -0.4 is 16.1 Å². The predicted octanol–water partition coefficient (Wildman–Crippen LogP) is 2.00. The van der Waals surface area contributed by atoms with Crippen molar-refractivity contribution in [2.75, 3.05) is 5.32 Å². The lowest BCUT2D eigenvalue weighted by atomic mass is 10.0. The fourth-order valence-electron chi connectivity index (χ4n) is 3.53. The van der Waals surface area contributed by atoms with Crippen molar-refractivity contribution in [2.24, 2.45) is 17.5 Å². The summed E-state index contributed by atoms with van der Waals surface area (Å²) in [7, 11) is 1.84. The topological polar surface area (TPSA) is 131 Å². The number of aliphatic imine (C=N–C) groups is 1. The van der Waals surface area contributed by atoms with Crippen LogP contribution in [0.5, 0.6) is 0 Å². The number of carbonyl (C=O) groups is 1. The van der Waals surface area contributed by atoms with Crippen molar-refractivity contribution >= 4 is 23.4 Å². The molecule has 1 aliphatic heterocycles. The molecule has 3 aromatic rings. The fourth-order valence-corrected chi connectivity index (χ4v) is 3.53. The number of amidine groups is 1. The first-order valence-corrected chi connectivity index (χ1v) is 10.7. The SMILES string of the molecule is Cc1cc(-c2ncnc(Nc3cnn(C)c3)n2)ccc1CNC(=O)C1=NC(C2(C)CC2)ON1. The summed E-state index contributed by atoms with van der Waals surface area (Å²) in [6.45, 7) is 4.47. The number of hydroxylamine groups is 1. The Balaban J connectivity index is 1.23. The lowest BCUT2D eigenvalue weighted by Gasteiger charge is -2.11. The molecule has 5 rings (SSSR count). The first kappa shape index (κ1) is 21.0. The first-order chi connectivity index (χ1) is 15.9. The van der Waals surface area contributed by atoms with E-state index < -0.39 is 0 Å². The lowest BCUT2D eigenvalue weighted by molar-refractivity contribution is -0.115. The summed E-state index contributed by atoms with van der Waals surface area (Å²) in [5, 5.41) is 10.1. The molecule has 0 spiro atoms. The number of nitrogens with zero attached hydrogens (tertiary/aromatic N) is 6. The summed E-state index contributed by atoms with van der Waals surface area (Å²) in [5.74, 6) is 0.929. The van der Waals surface area contributed by atoms with Gasteiger partial charge in [-0.05, 0) is 37.0 Å². The van der Waals surface area contributed by atoms with Crippen LogP contribution in [0.1, 0.15) is 30.9 Å². The Bertz CT molecular complexity index is 1230. The highest BCUT2D eigenvalue weighted by Gasteiger charge is 2.48. The Morgan fingerprint density at radius 2 is 2.18 bits per heavy atom. The molecule has 11 heteroatoms. The minimum atomic E-state index is -0.294. The standard InChI is InChI=1S/C22H25N9O2/c1-13-8-14(17-24-12-25-21(29-17)27-16-10-26-31(3)11-16)4-5-15(13)9-23-19(32)18-28-20(33-30-18)22(2)6-7-22/h4-5,8,10-12,20H,6-7,9H2,1-3H3,(H,23,32)(H,28,30)(H,24,25,27,29). The molecule has 1 atom stereocenters. The fraction of sp³-hybridized carbons (Fsp3) is 0.364. The molecule has 1 unspecified atom stereocenters. The van der Waals surface area contributed by atoms with Crippen molar-refractivity contribution in [3.05, 3.63) is 48.0 Å². The second kappa shape index (κ2) is 8.24. The quantitative estimate of drug-likeness (QED) is 0.501. The van der Waals surface area contributed by atoms with Crippen molar-refractivity contribution in [1.29, 1.82) is 0 Å². The first-order valence-electron chi connectivity index (χ1n) is 10.7. The van der Waals surface area contributed by atoms with Gasteiger partial charge in [-0.15, -0.1) is 0 Å². The number of aromatic nitrogens is 5. The maximum atomic E-state index is 12.5. The molecular weight excluding hydrogens is 422 g/mol. The molecule has 0 bridgehead atoms. The number of anilines is 2. The van der Waals surface area contributed by atoms with Crippen molar-refractivity contribution in [2.45, 2.75) is 39.5 Å². The van der Waals surface area contributed by atoms with Gasteiger partial charge in [0.15, 0.2) is 12.1 Å². The molecule has 1 aliphatic carbocycles. The van der Waals surface area contributed by atoms with Crippen LogP contribution >= 0.6 is 0 Å². The number of rotatable bonds is 7. The van der Waals surface area contributed by atoms with Gasteiger partial charge in [0.05, 0.1) is 11.9 Å². The predicted molar refractivity (Wildman–Crippen MR) is 121 cm³/mol. The highest BCUT2D eigenvalue weighted by atomic mass is 16.7. The van der Waals surface area contributed by atoms with Crippen LogP contribution in [0.2, 0.25) is 0 Å². The van der Waals surface area contributed by atoms with Crippen molar-refractivity contribution in [1.82, 2.24) is 35.5 Å². The van der Waals surface area contributed by atoms with Crippen LogP contribution in [0.4, 0.5) is 11.6 Å². The van der Waals surface area contributed by atoms with E-state index in [2.05, 4.69) is 48.1 Å². The maximum absolute atomic E-state index is 12.5. The summed E-state index contributed by atoms with van der Waals surface area (Å²) in [5.41, 5.74) is 6.35. The summed E-state index contributed by atoms with van der Waals surface area (Å²) in [4.78, 5) is 35.3.